The Labute approximate surface area is 171 Å². The van der Waals surface area contributed by atoms with Gasteiger partial charge < -0.3 is 4.90 Å². The molecule has 8 heteroatoms. The highest BCUT2D eigenvalue weighted by atomic mass is 32.2. The van der Waals surface area contributed by atoms with Crippen LogP contribution in [0.4, 0.5) is 5.69 Å². The van der Waals surface area contributed by atoms with Gasteiger partial charge in [-0.2, -0.15) is 0 Å². The Hall–Kier alpha value is -2.29. The lowest BCUT2D eigenvalue weighted by Crippen LogP contribution is -2.36. The summed E-state index contributed by atoms with van der Waals surface area (Å²) >= 11 is 0. The lowest BCUT2D eigenvalue weighted by Gasteiger charge is -2.32. The molecule has 29 heavy (non-hydrogen) atoms. The standard InChI is InChI=1S/C21H27N3O4S/c25-24(26)20-7-9-21(10-8-20)29(27,28)22-13-4-14-23-15-11-19(12-16-23)17-18-5-2-1-3-6-18/h1-3,5-10,19,22H,4,11-17H2. The van der Waals surface area contributed by atoms with Gasteiger partial charge in [0.05, 0.1) is 9.82 Å². The number of likely N-dealkylation sites (tertiary alicyclic amines) is 1. The van der Waals surface area contributed by atoms with Crippen LogP contribution in [0.5, 0.6) is 0 Å². The van der Waals surface area contributed by atoms with Crippen LogP contribution in [0.3, 0.4) is 0 Å². The third kappa shape index (κ3) is 6.35. The Morgan fingerprint density at radius 1 is 1.03 bits per heavy atom. The van der Waals surface area contributed by atoms with Crippen molar-refractivity contribution < 1.29 is 13.3 Å². The van der Waals surface area contributed by atoms with E-state index in [1.807, 2.05) is 6.07 Å². The minimum atomic E-state index is -3.64. The molecule has 1 fully saturated rings. The number of hydrogen-bond donors (Lipinski definition) is 1. The predicted octanol–water partition coefficient (Wildman–Crippen LogP) is 3.22. The van der Waals surface area contributed by atoms with Crippen LogP contribution in [0.15, 0.2) is 59.5 Å². The first-order valence-corrected chi connectivity index (χ1v) is 11.4. The Morgan fingerprint density at radius 3 is 2.31 bits per heavy atom. The Morgan fingerprint density at radius 2 is 1.69 bits per heavy atom. The highest BCUT2D eigenvalue weighted by molar-refractivity contribution is 7.89. The third-order valence-electron chi connectivity index (χ3n) is 5.38. The molecule has 2 aromatic carbocycles. The van der Waals surface area contributed by atoms with E-state index in [-0.39, 0.29) is 10.6 Å². The number of hydrogen-bond acceptors (Lipinski definition) is 5. The summed E-state index contributed by atoms with van der Waals surface area (Å²) in [5.74, 6) is 0.717. The van der Waals surface area contributed by atoms with E-state index in [9.17, 15) is 18.5 Å². The van der Waals surface area contributed by atoms with Crippen molar-refractivity contribution in [3.8, 4) is 0 Å². The molecule has 1 aliphatic rings. The summed E-state index contributed by atoms with van der Waals surface area (Å²) < 4.78 is 27.2. The zero-order chi connectivity index (χ0) is 20.7. The second kappa shape index (κ2) is 9.96. The first-order valence-electron chi connectivity index (χ1n) is 9.94. The number of sulfonamides is 1. The van der Waals surface area contributed by atoms with E-state index in [0.29, 0.717) is 12.5 Å². The van der Waals surface area contributed by atoms with Crippen LogP contribution in [0.1, 0.15) is 24.8 Å². The summed E-state index contributed by atoms with van der Waals surface area (Å²) in [6, 6.07) is 15.5. The Balaban J connectivity index is 1.37. The summed E-state index contributed by atoms with van der Waals surface area (Å²) in [6.45, 7) is 3.31. The van der Waals surface area contributed by atoms with Crippen LogP contribution >= 0.6 is 0 Å². The molecule has 0 atom stereocenters. The molecule has 0 radical (unpaired) electrons. The van der Waals surface area contributed by atoms with Crippen molar-refractivity contribution in [2.45, 2.75) is 30.6 Å². The summed E-state index contributed by atoms with van der Waals surface area (Å²) in [5.41, 5.74) is 1.27. The van der Waals surface area contributed by atoms with Crippen molar-refractivity contribution in [1.29, 1.82) is 0 Å². The quantitative estimate of drug-likeness (QED) is 0.384. The average Bonchev–Trinajstić information content (AvgIpc) is 2.73. The average molecular weight is 418 g/mol. The highest BCUT2D eigenvalue weighted by Crippen LogP contribution is 2.21. The molecule has 156 valence electrons. The van der Waals surface area contributed by atoms with Crippen molar-refractivity contribution in [3.05, 3.63) is 70.3 Å². The molecule has 1 aliphatic heterocycles. The van der Waals surface area contributed by atoms with Gasteiger partial charge in [-0.25, -0.2) is 13.1 Å². The number of non-ortho nitro benzene ring substituents is 1. The fourth-order valence-corrected chi connectivity index (χ4v) is 4.78. The molecule has 2 aromatic rings. The van der Waals surface area contributed by atoms with E-state index in [1.165, 1.54) is 42.7 Å². The fraction of sp³-hybridized carbons (Fsp3) is 0.429. The van der Waals surface area contributed by atoms with Gasteiger partial charge in [-0.3, -0.25) is 10.1 Å². The maximum Gasteiger partial charge on any atom is 0.269 e. The van der Waals surface area contributed by atoms with Crippen LogP contribution in [-0.2, 0) is 16.4 Å². The summed E-state index contributed by atoms with van der Waals surface area (Å²) in [5, 5.41) is 10.7. The van der Waals surface area contributed by atoms with E-state index in [2.05, 4.69) is 33.9 Å². The molecule has 1 saturated heterocycles. The van der Waals surface area contributed by atoms with Gasteiger partial charge in [-0.05, 0) is 68.9 Å². The maximum absolute atomic E-state index is 12.3. The largest absolute Gasteiger partial charge is 0.303 e. The molecule has 0 bridgehead atoms. The summed E-state index contributed by atoms with van der Waals surface area (Å²) in [4.78, 5) is 12.6. The molecule has 0 unspecified atom stereocenters. The van der Waals surface area contributed by atoms with Gasteiger partial charge in [0.25, 0.3) is 5.69 Å². The van der Waals surface area contributed by atoms with Gasteiger partial charge in [0, 0.05) is 18.7 Å². The van der Waals surface area contributed by atoms with E-state index >= 15 is 0 Å². The van der Waals surface area contributed by atoms with Crippen molar-refractivity contribution in [3.63, 3.8) is 0 Å². The summed E-state index contributed by atoms with van der Waals surface area (Å²) in [7, 11) is -3.64. The molecule has 0 saturated carbocycles. The molecule has 0 spiro atoms. The van der Waals surface area contributed by atoms with Crippen molar-refractivity contribution in [2.24, 2.45) is 5.92 Å². The number of nitro groups is 1. The smallest absolute Gasteiger partial charge is 0.269 e. The van der Waals surface area contributed by atoms with E-state index in [4.69, 9.17) is 0 Å². The minimum Gasteiger partial charge on any atom is -0.303 e. The normalized spacial score (nSPS) is 16.0. The van der Waals surface area contributed by atoms with Gasteiger partial charge in [0.15, 0.2) is 0 Å². The van der Waals surface area contributed by atoms with Crippen LogP contribution in [-0.4, -0.2) is 44.4 Å². The monoisotopic (exact) mass is 417 g/mol. The molecule has 3 rings (SSSR count). The molecule has 0 aromatic heterocycles. The molecule has 1 heterocycles. The first-order chi connectivity index (χ1) is 13.9. The Bertz CT molecular complexity index is 893. The second-order valence-corrected chi connectivity index (χ2v) is 9.24. The highest BCUT2D eigenvalue weighted by Gasteiger charge is 2.20. The fourth-order valence-electron chi connectivity index (χ4n) is 3.70. The molecule has 0 amide bonds. The first kappa shape index (κ1) is 21.4. The van der Waals surface area contributed by atoms with Crippen LogP contribution in [0.25, 0.3) is 0 Å². The van der Waals surface area contributed by atoms with Crippen molar-refractivity contribution >= 4 is 15.7 Å². The van der Waals surface area contributed by atoms with Gasteiger partial charge in [0.1, 0.15) is 0 Å². The number of nitrogens with one attached hydrogen (secondary N) is 1. The Kier molecular flexibility index (Phi) is 7.35. The zero-order valence-corrected chi connectivity index (χ0v) is 17.2. The van der Waals surface area contributed by atoms with Crippen LogP contribution in [0.2, 0.25) is 0 Å². The summed E-state index contributed by atoms with van der Waals surface area (Å²) in [6.07, 6.45) is 4.20. The van der Waals surface area contributed by atoms with Crippen molar-refractivity contribution in [2.75, 3.05) is 26.2 Å². The van der Waals surface area contributed by atoms with E-state index in [0.717, 1.165) is 32.5 Å². The van der Waals surface area contributed by atoms with Gasteiger partial charge in [-0.15, -0.1) is 0 Å². The van der Waals surface area contributed by atoms with Crippen LogP contribution < -0.4 is 4.72 Å². The van der Waals surface area contributed by atoms with E-state index < -0.39 is 14.9 Å². The number of benzene rings is 2. The topological polar surface area (TPSA) is 92.5 Å². The molecule has 1 N–H and O–H groups in total. The van der Waals surface area contributed by atoms with Gasteiger partial charge in [-0.1, -0.05) is 30.3 Å². The maximum atomic E-state index is 12.3. The molecular formula is C21H27N3O4S. The van der Waals surface area contributed by atoms with Gasteiger partial charge in [0.2, 0.25) is 10.0 Å². The predicted molar refractivity (Wildman–Crippen MR) is 112 cm³/mol. The zero-order valence-electron chi connectivity index (χ0n) is 16.4. The van der Waals surface area contributed by atoms with Crippen molar-refractivity contribution in [1.82, 2.24) is 9.62 Å². The minimum absolute atomic E-state index is 0.0461. The third-order valence-corrected chi connectivity index (χ3v) is 6.85. The number of piperidine rings is 1. The number of nitrogens with zero attached hydrogens (tertiary/aromatic N) is 2. The SMILES string of the molecule is O=[N+]([O-])c1ccc(S(=O)(=O)NCCCN2CCC(Cc3ccccc3)CC2)cc1. The molecule has 0 aliphatic carbocycles. The molecule has 7 nitrogen and oxygen atoms in total. The van der Waals surface area contributed by atoms with Crippen LogP contribution in [0, 0.1) is 16.0 Å². The van der Waals surface area contributed by atoms with E-state index in [1.54, 1.807) is 0 Å². The second-order valence-electron chi connectivity index (χ2n) is 7.48. The molecular weight excluding hydrogens is 390 g/mol. The lowest BCUT2D eigenvalue weighted by atomic mass is 9.90. The number of nitro benzene ring substituents is 1. The number of rotatable bonds is 9. The lowest BCUT2D eigenvalue weighted by molar-refractivity contribution is -0.384. The van der Waals surface area contributed by atoms with Gasteiger partial charge >= 0.3 is 0 Å².